The van der Waals surface area contributed by atoms with Crippen molar-refractivity contribution in [3.63, 3.8) is 0 Å². The van der Waals surface area contributed by atoms with Crippen molar-refractivity contribution >= 4 is 5.97 Å². The molecule has 3 aromatic carbocycles. The number of hydrogen-bond donors (Lipinski definition) is 1. The van der Waals surface area contributed by atoms with Gasteiger partial charge in [0.25, 0.3) is 0 Å². The van der Waals surface area contributed by atoms with Gasteiger partial charge in [0.2, 0.25) is 11.8 Å². The Bertz CT molecular complexity index is 1620. The lowest BCUT2D eigenvalue weighted by Crippen LogP contribution is -2.23. The second-order valence-corrected chi connectivity index (χ2v) is 10.1. The number of carbonyl (C=O) groups excluding carboxylic acids is 1. The molecule has 2 aromatic heterocycles. The predicted octanol–water partition coefficient (Wildman–Crippen LogP) is 5.97. The zero-order valence-electron chi connectivity index (χ0n) is 22.3. The molecule has 1 N–H and O–H groups in total. The molecule has 0 bridgehead atoms. The molecule has 0 aliphatic heterocycles. The number of aromatic nitrogens is 3. The molecule has 1 aliphatic carbocycles. The minimum atomic E-state index is -1.18. The van der Waals surface area contributed by atoms with Gasteiger partial charge >= 0.3 is 5.97 Å². The SMILES string of the molecule is CCOC(=O)C1(c2ccc(-c3ccc(-c4onc(C)c4C(O)c4nnc(Cc5ccccc5)o4)cc3)cc2)CC1. The van der Waals surface area contributed by atoms with E-state index in [2.05, 4.69) is 15.4 Å². The van der Waals surface area contributed by atoms with E-state index in [9.17, 15) is 9.90 Å². The van der Waals surface area contributed by atoms with Crippen LogP contribution in [0.4, 0.5) is 0 Å². The van der Waals surface area contributed by atoms with E-state index < -0.39 is 11.5 Å². The Kier molecular flexibility index (Phi) is 6.77. The maximum absolute atomic E-state index is 12.4. The summed E-state index contributed by atoms with van der Waals surface area (Å²) < 4.78 is 16.7. The third-order valence-electron chi connectivity index (χ3n) is 7.43. The number of carbonyl (C=O) groups is 1. The van der Waals surface area contributed by atoms with Crippen molar-refractivity contribution in [2.24, 2.45) is 0 Å². The Hall–Kier alpha value is -4.56. The summed E-state index contributed by atoms with van der Waals surface area (Å²) in [6.07, 6.45) is 0.938. The van der Waals surface area contributed by atoms with Crippen LogP contribution < -0.4 is 0 Å². The molecule has 202 valence electrons. The van der Waals surface area contributed by atoms with E-state index in [1.165, 1.54) is 0 Å². The third kappa shape index (κ3) is 4.82. The van der Waals surface area contributed by atoms with Crippen molar-refractivity contribution in [1.82, 2.24) is 15.4 Å². The molecule has 1 saturated carbocycles. The molecule has 2 heterocycles. The average Bonchev–Trinajstić information content (AvgIpc) is 3.52. The summed E-state index contributed by atoms with van der Waals surface area (Å²) in [4.78, 5) is 12.4. The summed E-state index contributed by atoms with van der Waals surface area (Å²) in [7, 11) is 0. The summed E-state index contributed by atoms with van der Waals surface area (Å²) in [6, 6.07) is 25.7. The molecule has 1 aliphatic rings. The average molecular weight is 536 g/mol. The van der Waals surface area contributed by atoms with E-state index in [0.29, 0.717) is 35.9 Å². The monoisotopic (exact) mass is 535 g/mol. The van der Waals surface area contributed by atoms with Crippen LogP contribution in [-0.4, -0.2) is 33.0 Å². The molecule has 1 unspecified atom stereocenters. The Morgan fingerprint density at radius 1 is 0.950 bits per heavy atom. The number of rotatable bonds is 9. The van der Waals surface area contributed by atoms with E-state index >= 15 is 0 Å². The van der Waals surface area contributed by atoms with Crippen LogP contribution >= 0.6 is 0 Å². The van der Waals surface area contributed by atoms with Crippen molar-refractivity contribution < 1.29 is 23.6 Å². The highest BCUT2D eigenvalue weighted by molar-refractivity contribution is 5.87. The van der Waals surface area contributed by atoms with Gasteiger partial charge in [0.15, 0.2) is 11.9 Å². The number of aliphatic hydroxyl groups is 1. The summed E-state index contributed by atoms with van der Waals surface area (Å²) in [6.45, 7) is 3.99. The third-order valence-corrected chi connectivity index (χ3v) is 7.43. The smallest absolute Gasteiger partial charge is 0.316 e. The molecular formula is C32H29N3O5. The molecule has 8 nitrogen and oxygen atoms in total. The van der Waals surface area contributed by atoms with Gasteiger partial charge in [0.05, 0.1) is 29.7 Å². The van der Waals surface area contributed by atoms with Crippen LogP contribution in [-0.2, 0) is 21.4 Å². The van der Waals surface area contributed by atoms with E-state index in [0.717, 1.165) is 40.7 Å². The van der Waals surface area contributed by atoms with Crippen molar-refractivity contribution in [2.75, 3.05) is 6.61 Å². The van der Waals surface area contributed by atoms with Crippen LogP contribution in [0.2, 0.25) is 0 Å². The van der Waals surface area contributed by atoms with Crippen LogP contribution in [0.25, 0.3) is 22.5 Å². The fraction of sp³-hybridized carbons (Fsp3) is 0.250. The molecule has 1 atom stereocenters. The summed E-state index contributed by atoms with van der Waals surface area (Å²) >= 11 is 0. The fourth-order valence-electron chi connectivity index (χ4n) is 5.05. The first kappa shape index (κ1) is 25.7. The first-order chi connectivity index (χ1) is 19.5. The lowest BCUT2D eigenvalue weighted by atomic mass is 9.93. The highest BCUT2D eigenvalue weighted by atomic mass is 16.5. The van der Waals surface area contributed by atoms with Crippen LogP contribution in [0.1, 0.15) is 60.0 Å². The summed E-state index contributed by atoms with van der Waals surface area (Å²) in [5, 5.41) is 23.4. The minimum Gasteiger partial charge on any atom is -0.465 e. The number of aliphatic hydroxyl groups excluding tert-OH is 1. The maximum Gasteiger partial charge on any atom is 0.316 e. The van der Waals surface area contributed by atoms with E-state index in [4.69, 9.17) is 13.7 Å². The van der Waals surface area contributed by atoms with Crippen molar-refractivity contribution in [3.8, 4) is 22.5 Å². The van der Waals surface area contributed by atoms with Crippen molar-refractivity contribution in [3.05, 3.63) is 113 Å². The standard InChI is InChI=1S/C32H29N3O5/c1-3-38-31(37)32(17-18-32)25-15-13-23(14-16-25)22-9-11-24(12-10-22)29-27(20(2)35-40-29)28(36)30-34-33-26(39-30)19-21-7-5-4-6-8-21/h4-16,28,36H,3,17-19H2,1-2H3. The molecule has 0 saturated heterocycles. The Balaban J connectivity index is 1.20. The summed E-state index contributed by atoms with van der Waals surface area (Å²) in [5.74, 6) is 0.813. The van der Waals surface area contributed by atoms with Gasteiger partial charge in [0, 0.05) is 5.56 Å². The van der Waals surface area contributed by atoms with Gasteiger partial charge in [-0.2, -0.15) is 0 Å². The van der Waals surface area contributed by atoms with Gasteiger partial charge in [-0.1, -0.05) is 84.0 Å². The van der Waals surface area contributed by atoms with Gasteiger partial charge < -0.3 is 18.8 Å². The lowest BCUT2D eigenvalue weighted by Gasteiger charge is -2.14. The largest absolute Gasteiger partial charge is 0.465 e. The van der Waals surface area contributed by atoms with E-state index in [1.54, 1.807) is 6.92 Å². The number of ether oxygens (including phenoxy) is 1. The number of aryl methyl sites for hydroxylation is 1. The van der Waals surface area contributed by atoms with E-state index in [-0.39, 0.29) is 11.9 Å². The maximum atomic E-state index is 12.4. The number of esters is 1. The van der Waals surface area contributed by atoms with Crippen LogP contribution in [0.5, 0.6) is 0 Å². The molecule has 0 radical (unpaired) electrons. The second-order valence-electron chi connectivity index (χ2n) is 10.1. The molecule has 0 spiro atoms. The first-order valence-corrected chi connectivity index (χ1v) is 13.4. The van der Waals surface area contributed by atoms with Gasteiger partial charge in [-0.3, -0.25) is 4.79 Å². The molecule has 40 heavy (non-hydrogen) atoms. The van der Waals surface area contributed by atoms with Gasteiger partial charge in [0.1, 0.15) is 0 Å². The number of benzene rings is 3. The topological polar surface area (TPSA) is 111 Å². The van der Waals surface area contributed by atoms with Crippen molar-refractivity contribution in [2.45, 2.75) is 44.6 Å². The number of hydrogen-bond acceptors (Lipinski definition) is 8. The van der Waals surface area contributed by atoms with Gasteiger partial charge in [-0.05, 0) is 48.9 Å². The van der Waals surface area contributed by atoms with Crippen LogP contribution in [0, 0.1) is 6.92 Å². The molecule has 6 rings (SSSR count). The Labute approximate surface area is 231 Å². The highest BCUT2D eigenvalue weighted by Crippen LogP contribution is 2.49. The molecule has 8 heteroatoms. The fourth-order valence-corrected chi connectivity index (χ4v) is 5.05. The van der Waals surface area contributed by atoms with Crippen molar-refractivity contribution in [1.29, 1.82) is 0 Å². The molecule has 1 fully saturated rings. The van der Waals surface area contributed by atoms with Crippen LogP contribution in [0.15, 0.2) is 87.8 Å². The Morgan fingerprint density at radius 2 is 1.60 bits per heavy atom. The predicted molar refractivity (Wildman–Crippen MR) is 147 cm³/mol. The minimum absolute atomic E-state index is 0.0893. The van der Waals surface area contributed by atoms with E-state index in [1.807, 2.05) is 85.8 Å². The van der Waals surface area contributed by atoms with Crippen LogP contribution in [0.3, 0.4) is 0 Å². The highest BCUT2D eigenvalue weighted by Gasteiger charge is 2.52. The van der Waals surface area contributed by atoms with Gasteiger partial charge in [-0.15, -0.1) is 10.2 Å². The zero-order chi connectivity index (χ0) is 27.7. The lowest BCUT2D eigenvalue weighted by molar-refractivity contribution is -0.146. The second kappa shape index (κ2) is 10.5. The molecular weight excluding hydrogens is 506 g/mol. The quantitative estimate of drug-likeness (QED) is 0.230. The molecule has 5 aromatic rings. The molecule has 0 amide bonds. The Morgan fingerprint density at radius 3 is 2.25 bits per heavy atom. The summed E-state index contributed by atoms with van der Waals surface area (Å²) in [5.41, 5.74) is 5.38. The first-order valence-electron chi connectivity index (χ1n) is 13.4. The zero-order valence-corrected chi connectivity index (χ0v) is 22.3. The van der Waals surface area contributed by atoms with Gasteiger partial charge in [-0.25, -0.2) is 0 Å². The normalized spacial score (nSPS) is 14.6. The number of nitrogens with zero attached hydrogens (tertiary/aromatic N) is 3.